The third-order valence-electron chi connectivity index (χ3n) is 3.51. The van der Waals surface area contributed by atoms with Crippen LogP contribution in [-0.2, 0) is 13.6 Å². The Bertz CT molecular complexity index is 661. The van der Waals surface area contributed by atoms with Gasteiger partial charge >= 0.3 is 0 Å². The molecule has 2 heterocycles. The van der Waals surface area contributed by atoms with Gasteiger partial charge < -0.3 is 9.84 Å². The Balaban J connectivity index is 2.07. The van der Waals surface area contributed by atoms with Gasteiger partial charge in [0.15, 0.2) is 5.76 Å². The second kappa shape index (κ2) is 6.76. The Morgan fingerprint density at radius 2 is 2.14 bits per heavy atom. The summed E-state index contributed by atoms with van der Waals surface area (Å²) >= 11 is 5.98. The molecule has 1 N–H and O–H groups in total. The van der Waals surface area contributed by atoms with Crippen LogP contribution < -0.4 is 10.9 Å². The van der Waals surface area contributed by atoms with E-state index in [1.54, 1.807) is 7.05 Å². The summed E-state index contributed by atoms with van der Waals surface area (Å²) in [7, 11) is 1.55. The fraction of sp³-hybridized carbons (Fsp3) is 0.500. The molecule has 21 heavy (non-hydrogen) atoms. The monoisotopic (exact) mass is 310 g/mol. The molecule has 0 aliphatic carbocycles. The van der Waals surface area contributed by atoms with Crippen LogP contribution in [0, 0.1) is 0 Å². The summed E-state index contributed by atoms with van der Waals surface area (Å²) in [5.41, 5.74) is 1.11. The highest BCUT2D eigenvalue weighted by molar-refractivity contribution is 6.32. The molecule has 0 aliphatic heterocycles. The molecule has 0 saturated heterocycles. The van der Waals surface area contributed by atoms with Gasteiger partial charge in [-0.05, 0) is 12.8 Å². The summed E-state index contributed by atoms with van der Waals surface area (Å²) in [5, 5.41) is 11.2. The van der Waals surface area contributed by atoms with Gasteiger partial charge in [-0.2, -0.15) is 5.10 Å². The molecule has 2 aromatic rings. The van der Waals surface area contributed by atoms with Crippen molar-refractivity contribution in [2.45, 2.75) is 39.2 Å². The van der Waals surface area contributed by atoms with Crippen molar-refractivity contribution in [2.75, 3.05) is 5.32 Å². The average Bonchev–Trinajstić information content (AvgIpc) is 2.94. The van der Waals surface area contributed by atoms with Crippen molar-refractivity contribution in [1.29, 1.82) is 0 Å². The summed E-state index contributed by atoms with van der Waals surface area (Å²) < 4.78 is 6.49. The zero-order chi connectivity index (χ0) is 15.4. The molecule has 7 heteroatoms. The number of nitrogens with zero attached hydrogens (tertiary/aromatic N) is 3. The molecule has 0 bridgehead atoms. The van der Waals surface area contributed by atoms with E-state index in [1.165, 1.54) is 10.9 Å². The quantitative estimate of drug-likeness (QED) is 0.888. The second-order valence-corrected chi connectivity index (χ2v) is 5.26. The van der Waals surface area contributed by atoms with Gasteiger partial charge in [-0.3, -0.25) is 4.79 Å². The third kappa shape index (κ3) is 3.44. The second-order valence-electron chi connectivity index (χ2n) is 4.89. The zero-order valence-electron chi connectivity index (χ0n) is 12.4. The standard InChI is InChI=1S/C14H19ClN4O2/c1-4-9(5-2)11-6-10(21-18-11)7-16-12-8-17-19(3)14(20)13(12)15/h6,8-9,16H,4-5,7H2,1-3H3. The number of halogens is 1. The molecular formula is C14H19ClN4O2. The average molecular weight is 311 g/mol. The first kappa shape index (κ1) is 15.6. The van der Waals surface area contributed by atoms with Gasteiger partial charge in [0.25, 0.3) is 5.56 Å². The highest BCUT2D eigenvalue weighted by atomic mass is 35.5. The Kier molecular flexibility index (Phi) is 5.01. The number of rotatable bonds is 6. The summed E-state index contributed by atoms with van der Waals surface area (Å²) in [4.78, 5) is 11.7. The Morgan fingerprint density at radius 1 is 1.43 bits per heavy atom. The lowest BCUT2D eigenvalue weighted by molar-refractivity contribution is 0.375. The number of nitrogens with one attached hydrogen (secondary N) is 1. The molecule has 0 unspecified atom stereocenters. The first-order chi connectivity index (χ1) is 10.1. The molecule has 0 aliphatic rings. The molecule has 0 aromatic carbocycles. The van der Waals surface area contributed by atoms with Crippen LogP contribution in [0.1, 0.15) is 44.1 Å². The molecule has 2 rings (SSSR count). The smallest absolute Gasteiger partial charge is 0.287 e. The van der Waals surface area contributed by atoms with Gasteiger partial charge in [-0.15, -0.1) is 0 Å². The maximum absolute atomic E-state index is 11.7. The Hall–Kier alpha value is -1.82. The molecule has 6 nitrogen and oxygen atoms in total. The molecule has 0 atom stereocenters. The summed E-state index contributed by atoms with van der Waals surface area (Å²) in [6, 6.07) is 1.94. The third-order valence-corrected chi connectivity index (χ3v) is 3.88. The minimum atomic E-state index is -0.336. The molecule has 0 fully saturated rings. The number of aromatic nitrogens is 3. The summed E-state index contributed by atoms with van der Waals surface area (Å²) in [5.74, 6) is 1.12. The van der Waals surface area contributed by atoms with E-state index in [9.17, 15) is 4.79 Å². The molecule has 0 spiro atoms. The van der Waals surface area contributed by atoms with Crippen LogP contribution in [0.2, 0.25) is 5.02 Å². The normalized spacial score (nSPS) is 11.1. The van der Waals surface area contributed by atoms with E-state index in [2.05, 4.69) is 29.4 Å². The predicted octanol–water partition coefficient (Wildman–Crippen LogP) is 2.94. The SMILES string of the molecule is CCC(CC)c1cc(CNc2cnn(C)c(=O)c2Cl)on1. The van der Waals surface area contributed by atoms with Crippen LogP contribution in [0.25, 0.3) is 0 Å². The molecule has 114 valence electrons. The van der Waals surface area contributed by atoms with Gasteiger partial charge in [0.1, 0.15) is 5.02 Å². The number of anilines is 1. The van der Waals surface area contributed by atoms with E-state index in [0.29, 0.717) is 23.9 Å². The van der Waals surface area contributed by atoms with Crippen molar-refractivity contribution in [1.82, 2.24) is 14.9 Å². The highest BCUT2D eigenvalue weighted by Gasteiger charge is 2.13. The van der Waals surface area contributed by atoms with Gasteiger partial charge in [-0.1, -0.05) is 30.6 Å². The lowest BCUT2D eigenvalue weighted by Gasteiger charge is -2.07. The van der Waals surface area contributed by atoms with Gasteiger partial charge in [0, 0.05) is 19.0 Å². The number of hydrogen-bond donors (Lipinski definition) is 1. The van der Waals surface area contributed by atoms with E-state index in [0.717, 1.165) is 18.5 Å². The molecular weight excluding hydrogens is 292 g/mol. The predicted molar refractivity (Wildman–Crippen MR) is 81.6 cm³/mol. The van der Waals surface area contributed by atoms with Crippen LogP contribution in [0.4, 0.5) is 5.69 Å². The zero-order valence-corrected chi connectivity index (χ0v) is 13.1. The van der Waals surface area contributed by atoms with Gasteiger partial charge in [0.05, 0.1) is 24.1 Å². The van der Waals surface area contributed by atoms with Crippen molar-refractivity contribution in [3.05, 3.63) is 39.1 Å². The van der Waals surface area contributed by atoms with Crippen LogP contribution in [0.5, 0.6) is 0 Å². The van der Waals surface area contributed by atoms with Gasteiger partial charge in [-0.25, -0.2) is 4.68 Å². The Morgan fingerprint density at radius 3 is 2.81 bits per heavy atom. The van der Waals surface area contributed by atoms with E-state index in [4.69, 9.17) is 16.1 Å². The highest BCUT2D eigenvalue weighted by Crippen LogP contribution is 2.23. The largest absolute Gasteiger partial charge is 0.375 e. The van der Waals surface area contributed by atoms with Crippen molar-refractivity contribution < 1.29 is 4.52 Å². The minimum absolute atomic E-state index is 0.118. The van der Waals surface area contributed by atoms with Crippen molar-refractivity contribution in [3.63, 3.8) is 0 Å². The maximum Gasteiger partial charge on any atom is 0.287 e. The lowest BCUT2D eigenvalue weighted by Crippen LogP contribution is -2.21. The van der Waals surface area contributed by atoms with Crippen LogP contribution in [0.3, 0.4) is 0 Å². The fourth-order valence-corrected chi connectivity index (χ4v) is 2.37. The number of hydrogen-bond acceptors (Lipinski definition) is 5. The summed E-state index contributed by atoms with van der Waals surface area (Å²) in [6.07, 6.45) is 3.57. The van der Waals surface area contributed by atoms with Crippen LogP contribution in [-0.4, -0.2) is 14.9 Å². The van der Waals surface area contributed by atoms with Crippen molar-refractivity contribution in [3.8, 4) is 0 Å². The lowest BCUT2D eigenvalue weighted by atomic mass is 9.99. The van der Waals surface area contributed by atoms with Crippen molar-refractivity contribution in [2.24, 2.45) is 7.05 Å². The fourth-order valence-electron chi connectivity index (χ4n) is 2.13. The number of aryl methyl sites for hydroxylation is 1. The van der Waals surface area contributed by atoms with Gasteiger partial charge in [0.2, 0.25) is 0 Å². The van der Waals surface area contributed by atoms with Crippen LogP contribution in [0.15, 0.2) is 21.6 Å². The molecule has 0 radical (unpaired) electrons. The minimum Gasteiger partial charge on any atom is -0.375 e. The van der Waals surface area contributed by atoms with E-state index in [1.807, 2.05) is 6.07 Å². The van der Waals surface area contributed by atoms with E-state index < -0.39 is 0 Å². The van der Waals surface area contributed by atoms with E-state index in [-0.39, 0.29) is 10.6 Å². The summed E-state index contributed by atoms with van der Waals surface area (Å²) in [6.45, 7) is 4.67. The van der Waals surface area contributed by atoms with Crippen LogP contribution >= 0.6 is 11.6 Å². The first-order valence-electron chi connectivity index (χ1n) is 6.97. The Labute approximate surface area is 128 Å². The first-order valence-corrected chi connectivity index (χ1v) is 7.35. The maximum atomic E-state index is 11.7. The molecule has 0 amide bonds. The van der Waals surface area contributed by atoms with E-state index >= 15 is 0 Å². The topological polar surface area (TPSA) is 73.0 Å². The molecule has 2 aromatic heterocycles. The van der Waals surface area contributed by atoms with Crippen molar-refractivity contribution >= 4 is 17.3 Å². The molecule has 0 saturated carbocycles.